The Bertz CT molecular complexity index is 856. The van der Waals surface area contributed by atoms with Crippen LogP contribution in [0.1, 0.15) is 21.6 Å². The highest BCUT2D eigenvalue weighted by Gasteiger charge is 2.18. The molecule has 3 heteroatoms. The van der Waals surface area contributed by atoms with Crippen molar-refractivity contribution in [2.45, 2.75) is 6.42 Å². The van der Waals surface area contributed by atoms with Crippen LogP contribution in [0.3, 0.4) is 0 Å². The van der Waals surface area contributed by atoms with E-state index in [1.54, 1.807) is 24.4 Å². The molecule has 1 aliphatic carbocycles. The van der Waals surface area contributed by atoms with Crippen LogP contribution < -0.4 is 5.32 Å². The van der Waals surface area contributed by atoms with Crippen LogP contribution in [-0.2, 0) is 6.42 Å². The third kappa shape index (κ3) is 2.17. The van der Waals surface area contributed by atoms with Crippen molar-refractivity contribution in [2.75, 3.05) is 5.32 Å². The van der Waals surface area contributed by atoms with E-state index in [9.17, 15) is 4.79 Å². The van der Waals surface area contributed by atoms with Gasteiger partial charge in [-0.15, -0.1) is 0 Å². The van der Waals surface area contributed by atoms with Crippen molar-refractivity contribution in [2.24, 2.45) is 0 Å². The van der Waals surface area contributed by atoms with Crippen molar-refractivity contribution in [3.05, 3.63) is 83.7 Å². The molecule has 4 rings (SSSR count). The molecule has 22 heavy (non-hydrogen) atoms. The SMILES string of the molecule is O=C(Nc1ccc2c(c1)Cc1ccccc1-2)c1ccccn1. The molecule has 1 heterocycles. The van der Waals surface area contributed by atoms with Gasteiger partial charge >= 0.3 is 0 Å². The third-order valence-corrected chi connectivity index (χ3v) is 3.95. The lowest BCUT2D eigenvalue weighted by molar-refractivity contribution is 0.102. The Morgan fingerprint density at radius 2 is 1.73 bits per heavy atom. The normalized spacial score (nSPS) is 11.6. The molecule has 1 N–H and O–H groups in total. The molecular weight excluding hydrogens is 272 g/mol. The summed E-state index contributed by atoms with van der Waals surface area (Å²) in [6.07, 6.45) is 2.53. The lowest BCUT2D eigenvalue weighted by atomic mass is 10.1. The molecule has 0 atom stereocenters. The Morgan fingerprint density at radius 3 is 2.59 bits per heavy atom. The van der Waals surface area contributed by atoms with Crippen molar-refractivity contribution in [3.63, 3.8) is 0 Å². The predicted octanol–water partition coefficient (Wildman–Crippen LogP) is 3.91. The van der Waals surface area contributed by atoms with Crippen LogP contribution in [0.25, 0.3) is 11.1 Å². The highest BCUT2D eigenvalue weighted by molar-refractivity contribution is 6.03. The zero-order valence-electron chi connectivity index (χ0n) is 11.9. The molecule has 3 nitrogen and oxygen atoms in total. The predicted molar refractivity (Wildman–Crippen MR) is 86.9 cm³/mol. The second-order valence-electron chi connectivity index (χ2n) is 5.37. The molecule has 0 fully saturated rings. The number of carbonyl (C=O) groups is 1. The van der Waals surface area contributed by atoms with Gasteiger partial charge in [0.05, 0.1) is 0 Å². The van der Waals surface area contributed by atoms with Gasteiger partial charge in [-0.05, 0) is 52.9 Å². The molecular formula is C19H14N2O. The van der Waals surface area contributed by atoms with Gasteiger partial charge in [-0.2, -0.15) is 0 Å². The van der Waals surface area contributed by atoms with Crippen molar-refractivity contribution in [1.29, 1.82) is 0 Å². The van der Waals surface area contributed by atoms with Crippen molar-refractivity contribution in [3.8, 4) is 11.1 Å². The van der Waals surface area contributed by atoms with Crippen molar-refractivity contribution >= 4 is 11.6 Å². The number of hydrogen-bond acceptors (Lipinski definition) is 2. The van der Waals surface area contributed by atoms with Gasteiger partial charge in [0.15, 0.2) is 0 Å². The van der Waals surface area contributed by atoms with Crippen LogP contribution in [0, 0.1) is 0 Å². The molecule has 2 aromatic carbocycles. The second kappa shape index (κ2) is 5.11. The number of hydrogen-bond donors (Lipinski definition) is 1. The molecule has 106 valence electrons. The highest BCUT2D eigenvalue weighted by Crippen LogP contribution is 2.37. The van der Waals surface area contributed by atoms with Gasteiger partial charge in [-0.25, -0.2) is 0 Å². The molecule has 0 saturated carbocycles. The smallest absolute Gasteiger partial charge is 0.274 e. The number of rotatable bonds is 2. The fourth-order valence-electron chi connectivity index (χ4n) is 2.92. The Balaban J connectivity index is 1.61. The van der Waals surface area contributed by atoms with E-state index in [2.05, 4.69) is 46.7 Å². The molecule has 1 amide bonds. The monoisotopic (exact) mass is 286 g/mol. The van der Waals surface area contributed by atoms with Gasteiger partial charge in [0.25, 0.3) is 5.91 Å². The first-order valence-electron chi connectivity index (χ1n) is 7.25. The molecule has 0 saturated heterocycles. The second-order valence-corrected chi connectivity index (χ2v) is 5.37. The quantitative estimate of drug-likeness (QED) is 0.607. The maximum absolute atomic E-state index is 12.2. The minimum absolute atomic E-state index is 0.184. The standard InChI is InChI=1S/C19H14N2O/c22-19(18-7-3-4-10-20-18)21-15-8-9-17-14(12-15)11-13-5-1-2-6-16(13)17/h1-10,12H,11H2,(H,21,22). The first kappa shape index (κ1) is 12.8. The first-order valence-corrected chi connectivity index (χ1v) is 7.25. The summed E-state index contributed by atoms with van der Waals surface area (Å²) in [7, 11) is 0. The van der Waals surface area contributed by atoms with Gasteiger partial charge in [0.2, 0.25) is 0 Å². The van der Waals surface area contributed by atoms with Crippen LogP contribution in [0.2, 0.25) is 0 Å². The summed E-state index contributed by atoms with van der Waals surface area (Å²) < 4.78 is 0. The summed E-state index contributed by atoms with van der Waals surface area (Å²) in [5.74, 6) is -0.184. The van der Waals surface area contributed by atoms with Gasteiger partial charge in [0.1, 0.15) is 5.69 Å². The molecule has 0 radical (unpaired) electrons. The van der Waals surface area contributed by atoms with Crippen molar-refractivity contribution < 1.29 is 4.79 Å². The van der Waals surface area contributed by atoms with Gasteiger partial charge in [-0.3, -0.25) is 9.78 Å². The minimum atomic E-state index is -0.184. The largest absolute Gasteiger partial charge is 0.321 e. The van der Waals surface area contributed by atoms with Gasteiger partial charge in [-0.1, -0.05) is 36.4 Å². The molecule has 0 aliphatic heterocycles. The Morgan fingerprint density at radius 1 is 0.909 bits per heavy atom. The van der Waals surface area contributed by atoms with Crippen LogP contribution >= 0.6 is 0 Å². The summed E-state index contributed by atoms with van der Waals surface area (Å²) in [5, 5.41) is 2.91. The maximum Gasteiger partial charge on any atom is 0.274 e. The van der Waals surface area contributed by atoms with Crippen LogP contribution in [-0.4, -0.2) is 10.9 Å². The number of nitrogens with one attached hydrogen (secondary N) is 1. The molecule has 1 aliphatic rings. The Labute approximate surface area is 128 Å². The van der Waals surface area contributed by atoms with Gasteiger partial charge in [0, 0.05) is 11.9 Å². The fourth-order valence-corrected chi connectivity index (χ4v) is 2.92. The number of benzene rings is 2. The molecule has 0 unspecified atom stereocenters. The van der Waals surface area contributed by atoms with E-state index in [0.717, 1.165) is 12.1 Å². The van der Waals surface area contributed by atoms with E-state index < -0.39 is 0 Å². The van der Waals surface area contributed by atoms with Crippen LogP contribution in [0.15, 0.2) is 66.9 Å². The lowest BCUT2D eigenvalue weighted by Gasteiger charge is -2.07. The molecule has 3 aromatic rings. The zero-order valence-corrected chi connectivity index (χ0v) is 11.9. The average Bonchev–Trinajstić information content (AvgIpc) is 2.93. The average molecular weight is 286 g/mol. The highest BCUT2D eigenvalue weighted by atomic mass is 16.1. The van der Waals surface area contributed by atoms with E-state index in [4.69, 9.17) is 0 Å². The minimum Gasteiger partial charge on any atom is -0.321 e. The third-order valence-electron chi connectivity index (χ3n) is 3.95. The number of anilines is 1. The topological polar surface area (TPSA) is 42.0 Å². The number of amides is 1. The fraction of sp³-hybridized carbons (Fsp3) is 0.0526. The number of pyridine rings is 1. The zero-order chi connectivity index (χ0) is 14.9. The number of carbonyl (C=O) groups excluding carboxylic acids is 1. The summed E-state index contributed by atoms with van der Waals surface area (Å²) in [6, 6.07) is 19.8. The summed E-state index contributed by atoms with van der Waals surface area (Å²) in [4.78, 5) is 16.2. The van der Waals surface area contributed by atoms with E-state index in [1.807, 2.05) is 6.07 Å². The van der Waals surface area contributed by atoms with Gasteiger partial charge < -0.3 is 5.32 Å². The Hall–Kier alpha value is -2.94. The number of nitrogens with zero attached hydrogens (tertiary/aromatic N) is 1. The van der Waals surface area contributed by atoms with E-state index in [1.165, 1.54) is 22.3 Å². The maximum atomic E-state index is 12.2. The molecule has 0 bridgehead atoms. The summed E-state index contributed by atoms with van der Waals surface area (Å²) >= 11 is 0. The summed E-state index contributed by atoms with van der Waals surface area (Å²) in [6.45, 7) is 0. The Kier molecular flexibility index (Phi) is 2.97. The van der Waals surface area contributed by atoms with Crippen LogP contribution in [0.5, 0.6) is 0 Å². The molecule has 1 aromatic heterocycles. The van der Waals surface area contributed by atoms with E-state index in [-0.39, 0.29) is 5.91 Å². The van der Waals surface area contributed by atoms with Crippen molar-refractivity contribution in [1.82, 2.24) is 4.98 Å². The lowest BCUT2D eigenvalue weighted by Crippen LogP contribution is -2.13. The number of aromatic nitrogens is 1. The first-order chi connectivity index (χ1) is 10.8. The number of fused-ring (bicyclic) bond motifs is 3. The van der Waals surface area contributed by atoms with E-state index >= 15 is 0 Å². The summed E-state index contributed by atoms with van der Waals surface area (Å²) in [5.41, 5.74) is 6.37. The molecule has 0 spiro atoms. The van der Waals surface area contributed by atoms with E-state index in [0.29, 0.717) is 5.69 Å². The van der Waals surface area contributed by atoms with Crippen LogP contribution in [0.4, 0.5) is 5.69 Å².